The van der Waals surface area contributed by atoms with Crippen LogP contribution < -0.4 is 16.0 Å². The summed E-state index contributed by atoms with van der Waals surface area (Å²) in [6, 6.07) is 18.9. The molecule has 3 N–H and O–H groups in total. The lowest BCUT2D eigenvalue weighted by molar-refractivity contribution is -0.118. The van der Waals surface area contributed by atoms with Crippen LogP contribution in [0.2, 0.25) is 0 Å². The highest BCUT2D eigenvalue weighted by Gasteiger charge is 2.10. The van der Waals surface area contributed by atoms with Gasteiger partial charge in [-0.25, -0.2) is 0 Å². The van der Waals surface area contributed by atoms with Crippen molar-refractivity contribution in [1.29, 1.82) is 0 Å². The molecule has 0 fully saturated rings. The number of anilines is 1. The van der Waals surface area contributed by atoms with Crippen molar-refractivity contribution in [3.63, 3.8) is 0 Å². The van der Waals surface area contributed by atoms with Gasteiger partial charge < -0.3 is 16.0 Å². The zero-order chi connectivity index (χ0) is 20.6. The third-order valence-corrected chi connectivity index (χ3v) is 4.64. The number of carbonyl (C=O) groups excluding carboxylic acids is 2. The van der Waals surface area contributed by atoms with Gasteiger partial charge >= 0.3 is 0 Å². The molecule has 1 heterocycles. The van der Waals surface area contributed by atoms with Crippen molar-refractivity contribution in [2.45, 2.75) is 13.0 Å². The molecule has 0 aliphatic carbocycles. The Balaban J connectivity index is 1.63. The summed E-state index contributed by atoms with van der Waals surface area (Å²) in [4.78, 5) is 29.9. The van der Waals surface area contributed by atoms with Crippen molar-refractivity contribution >= 4 is 17.5 Å². The van der Waals surface area contributed by atoms with E-state index in [-0.39, 0.29) is 11.8 Å². The molecular weight excluding hydrogens is 364 g/mol. The first kappa shape index (κ1) is 20.2. The zero-order valence-corrected chi connectivity index (χ0v) is 16.3. The van der Waals surface area contributed by atoms with Crippen LogP contribution in [0.1, 0.15) is 22.3 Å². The van der Waals surface area contributed by atoms with Gasteiger partial charge in [-0.3, -0.25) is 14.6 Å². The second-order valence-corrected chi connectivity index (χ2v) is 6.66. The van der Waals surface area contributed by atoms with E-state index in [1.807, 2.05) is 48.5 Å². The minimum Gasteiger partial charge on any atom is -0.348 e. The SMILES string of the molecule is CN(C(=O)CCN)c1ccc(-c2ccc(C(=O)NCc3cccnc3)cc2)cc1. The van der Waals surface area contributed by atoms with E-state index in [4.69, 9.17) is 5.73 Å². The number of hydrogen-bond donors (Lipinski definition) is 2. The van der Waals surface area contributed by atoms with E-state index in [9.17, 15) is 9.59 Å². The highest BCUT2D eigenvalue weighted by Crippen LogP contribution is 2.23. The number of nitrogens with one attached hydrogen (secondary N) is 1. The number of nitrogens with two attached hydrogens (primary N) is 1. The second-order valence-electron chi connectivity index (χ2n) is 6.66. The number of amides is 2. The van der Waals surface area contributed by atoms with E-state index < -0.39 is 0 Å². The van der Waals surface area contributed by atoms with E-state index in [0.29, 0.717) is 25.1 Å². The Morgan fingerprint density at radius 3 is 2.24 bits per heavy atom. The molecule has 0 radical (unpaired) electrons. The molecule has 0 saturated carbocycles. The number of nitrogens with zero attached hydrogens (tertiary/aromatic N) is 2. The largest absolute Gasteiger partial charge is 0.348 e. The van der Waals surface area contributed by atoms with E-state index >= 15 is 0 Å². The third-order valence-electron chi connectivity index (χ3n) is 4.64. The molecule has 3 aromatic rings. The van der Waals surface area contributed by atoms with E-state index in [2.05, 4.69) is 10.3 Å². The maximum Gasteiger partial charge on any atom is 0.251 e. The smallest absolute Gasteiger partial charge is 0.251 e. The average molecular weight is 388 g/mol. The van der Waals surface area contributed by atoms with Gasteiger partial charge in [0.1, 0.15) is 0 Å². The molecular formula is C23H24N4O2. The fourth-order valence-electron chi connectivity index (χ4n) is 2.91. The van der Waals surface area contributed by atoms with Crippen molar-refractivity contribution in [2.75, 3.05) is 18.5 Å². The monoisotopic (exact) mass is 388 g/mol. The van der Waals surface area contributed by atoms with Gasteiger partial charge in [0.2, 0.25) is 5.91 Å². The first-order chi connectivity index (χ1) is 14.1. The van der Waals surface area contributed by atoms with Gasteiger partial charge in [0, 0.05) is 50.2 Å². The maximum atomic E-state index is 12.3. The summed E-state index contributed by atoms with van der Waals surface area (Å²) in [5, 5.41) is 2.89. The normalized spacial score (nSPS) is 10.4. The Kier molecular flexibility index (Phi) is 6.71. The summed E-state index contributed by atoms with van der Waals surface area (Å²) in [6.45, 7) is 0.774. The third kappa shape index (κ3) is 5.27. The quantitative estimate of drug-likeness (QED) is 0.651. The van der Waals surface area contributed by atoms with Crippen molar-refractivity contribution in [1.82, 2.24) is 10.3 Å². The number of carbonyl (C=O) groups is 2. The lowest BCUT2D eigenvalue weighted by Crippen LogP contribution is -2.27. The fourth-order valence-corrected chi connectivity index (χ4v) is 2.91. The lowest BCUT2D eigenvalue weighted by Gasteiger charge is -2.17. The Hall–Kier alpha value is -3.51. The van der Waals surface area contributed by atoms with Gasteiger partial charge in [0.05, 0.1) is 0 Å². The minimum atomic E-state index is -0.129. The Bertz CT molecular complexity index is 954. The Labute approximate surface area is 170 Å². The molecule has 0 atom stereocenters. The molecule has 3 rings (SSSR count). The summed E-state index contributed by atoms with van der Waals surface area (Å²) in [6.07, 6.45) is 3.75. The molecule has 148 valence electrons. The molecule has 0 unspecified atom stereocenters. The van der Waals surface area contributed by atoms with Crippen molar-refractivity contribution < 1.29 is 9.59 Å². The summed E-state index contributed by atoms with van der Waals surface area (Å²) in [5.74, 6) is -0.141. The van der Waals surface area contributed by atoms with Crippen LogP contribution in [-0.2, 0) is 11.3 Å². The first-order valence-electron chi connectivity index (χ1n) is 9.42. The number of hydrogen-bond acceptors (Lipinski definition) is 4. The highest BCUT2D eigenvalue weighted by molar-refractivity contribution is 5.95. The van der Waals surface area contributed by atoms with Crippen LogP contribution in [-0.4, -0.2) is 30.4 Å². The lowest BCUT2D eigenvalue weighted by atomic mass is 10.0. The van der Waals surface area contributed by atoms with Crippen LogP contribution in [0.3, 0.4) is 0 Å². The van der Waals surface area contributed by atoms with Crippen LogP contribution in [0.25, 0.3) is 11.1 Å². The van der Waals surface area contributed by atoms with Crippen molar-refractivity contribution in [3.05, 3.63) is 84.2 Å². The van der Waals surface area contributed by atoms with Crippen LogP contribution in [0.15, 0.2) is 73.1 Å². The predicted molar refractivity (Wildman–Crippen MR) is 114 cm³/mol. The molecule has 6 heteroatoms. The Morgan fingerprint density at radius 1 is 1.00 bits per heavy atom. The molecule has 1 aromatic heterocycles. The molecule has 2 amide bonds. The van der Waals surface area contributed by atoms with Crippen molar-refractivity contribution in [2.24, 2.45) is 5.73 Å². The van der Waals surface area contributed by atoms with E-state index in [1.165, 1.54) is 0 Å². The average Bonchev–Trinajstić information content (AvgIpc) is 2.78. The van der Waals surface area contributed by atoms with Gasteiger partial charge in [-0.05, 0) is 47.0 Å². The summed E-state index contributed by atoms with van der Waals surface area (Å²) < 4.78 is 0. The van der Waals surface area contributed by atoms with Crippen LogP contribution in [0.4, 0.5) is 5.69 Å². The van der Waals surface area contributed by atoms with Gasteiger partial charge in [-0.2, -0.15) is 0 Å². The number of benzene rings is 2. The first-order valence-corrected chi connectivity index (χ1v) is 9.42. The maximum absolute atomic E-state index is 12.3. The molecule has 2 aromatic carbocycles. The predicted octanol–water partition coefficient (Wildman–Crippen LogP) is 2.99. The zero-order valence-electron chi connectivity index (χ0n) is 16.3. The van der Waals surface area contributed by atoms with Gasteiger partial charge in [-0.15, -0.1) is 0 Å². The topological polar surface area (TPSA) is 88.3 Å². The van der Waals surface area contributed by atoms with Crippen LogP contribution >= 0.6 is 0 Å². The minimum absolute atomic E-state index is 0.0121. The van der Waals surface area contributed by atoms with Crippen molar-refractivity contribution in [3.8, 4) is 11.1 Å². The van der Waals surface area contributed by atoms with Gasteiger partial charge in [0.15, 0.2) is 0 Å². The molecule has 0 aliphatic rings. The molecule has 0 aliphatic heterocycles. The van der Waals surface area contributed by atoms with E-state index in [0.717, 1.165) is 22.4 Å². The highest BCUT2D eigenvalue weighted by atomic mass is 16.2. The van der Waals surface area contributed by atoms with Crippen LogP contribution in [0.5, 0.6) is 0 Å². The Morgan fingerprint density at radius 2 is 1.66 bits per heavy atom. The molecule has 0 saturated heterocycles. The molecule has 29 heavy (non-hydrogen) atoms. The molecule has 0 bridgehead atoms. The van der Waals surface area contributed by atoms with E-state index in [1.54, 1.807) is 36.5 Å². The second kappa shape index (κ2) is 9.61. The van der Waals surface area contributed by atoms with Gasteiger partial charge in [0.25, 0.3) is 5.91 Å². The standard InChI is InChI=1S/C23H24N4O2/c1-27(22(28)12-13-24)21-10-8-19(9-11-21)18-4-6-20(7-5-18)23(29)26-16-17-3-2-14-25-15-17/h2-11,14-15H,12-13,16,24H2,1H3,(H,26,29). The summed E-state index contributed by atoms with van der Waals surface area (Å²) in [7, 11) is 1.74. The van der Waals surface area contributed by atoms with Crippen LogP contribution in [0, 0.1) is 0 Å². The molecule has 6 nitrogen and oxygen atoms in total. The summed E-state index contributed by atoms with van der Waals surface area (Å²) in [5.41, 5.74) is 9.82. The fraction of sp³-hybridized carbons (Fsp3) is 0.174. The number of aromatic nitrogens is 1. The summed E-state index contributed by atoms with van der Waals surface area (Å²) >= 11 is 0. The number of pyridine rings is 1. The number of rotatable bonds is 7. The molecule has 0 spiro atoms. The van der Waals surface area contributed by atoms with Gasteiger partial charge in [-0.1, -0.05) is 30.3 Å².